The Kier molecular flexibility index (Phi) is 4.14. The van der Waals surface area contributed by atoms with E-state index in [-0.39, 0.29) is 0 Å². The molecule has 0 spiro atoms. The molecular formula is C17H24N2. The van der Waals surface area contributed by atoms with Crippen LogP contribution in [0.15, 0.2) is 24.3 Å². The highest BCUT2D eigenvalue weighted by molar-refractivity contribution is 5.57. The lowest BCUT2D eigenvalue weighted by molar-refractivity contribution is 0.163. The number of nitrogens with one attached hydrogen (secondary N) is 1. The van der Waals surface area contributed by atoms with Gasteiger partial charge in [-0.2, -0.15) is 5.26 Å². The summed E-state index contributed by atoms with van der Waals surface area (Å²) in [6.45, 7) is 6.98. The summed E-state index contributed by atoms with van der Waals surface area (Å²) in [7, 11) is 0. The normalized spacial score (nSPS) is 23.7. The van der Waals surface area contributed by atoms with Gasteiger partial charge in [0.1, 0.15) is 6.07 Å². The van der Waals surface area contributed by atoms with E-state index in [1.54, 1.807) is 0 Å². The summed E-state index contributed by atoms with van der Waals surface area (Å²) >= 11 is 0. The fourth-order valence-corrected chi connectivity index (χ4v) is 3.25. The van der Waals surface area contributed by atoms with Gasteiger partial charge >= 0.3 is 0 Å². The predicted octanol–water partition coefficient (Wildman–Crippen LogP) is 4.58. The van der Waals surface area contributed by atoms with Crippen molar-refractivity contribution in [3.63, 3.8) is 0 Å². The Morgan fingerprint density at radius 3 is 2.53 bits per heavy atom. The summed E-state index contributed by atoms with van der Waals surface area (Å²) in [4.78, 5) is 0. The minimum atomic E-state index is 0.319. The molecule has 19 heavy (non-hydrogen) atoms. The average Bonchev–Trinajstić information content (AvgIpc) is 2.39. The van der Waals surface area contributed by atoms with Gasteiger partial charge in [-0.25, -0.2) is 0 Å². The topological polar surface area (TPSA) is 35.8 Å². The highest BCUT2D eigenvalue weighted by Crippen LogP contribution is 2.39. The molecule has 1 aromatic carbocycles. The van der Waals surface area contributed by atoms with Gasteiger partial charge in [-0.3, -0.25) is 0 Å². The second-order valence-electron chi connectivity index (χ2n) is 6.67. The minimum absolute atomic E-state index is 0.319. The molecule has 1 N–H and O–H groups in total. The maximum Gasteiger partial charge on any atom is 0.101 e. The summed E-state index contributed by atoms with van der Waals surface area (Å²) in [5.74, 6) is 0.674. The Morgan fingerprint density at radius 2 is 1.84 bits per heavy atom. The number of anilines is 1. The molecule has 0 amide bonds. The van der Waals surface area contributed by atoms with E-state index < -0.39 is 0 Å². The van der Waals surface area contributed by atoms with Crippen LogP contribution in [0.4, 0.5) is 5.69 Å². The van der Waals surface area contributed by atoms with Gasteiger partial charge in [0.2, 0.25) is 0 Å². The third-order valence-corrected chi connectivity index (χ3v) is 4.27. The quantitative estimate of drug-likeness (QED) is 0.841. The molecule has 1 saturated carbocycles. The fourth-order valence-electron chi connectivity index (χ4n) is 3.25. The van der Waals surface area contributed by atoms with Gasteiger partial charge in [0, 0.05) is 6.04 Å². The van der Waals surface area contributed by atoms with Crippen molar-refractivity contribution in [3.8, 4) is 6.07 Å². The second kappa shape index (κ2) is 5.65. The zero-order chi connectivity index (χ0) is 13.9. The van der Waals surface area contributed by atoms with Gasteiger partial charge in [0.05, 0.1) is 11.3 Å². The van der Waals surface area contributed by atoms with Crippen molar-refractivity contribution in [2.75, 3.05) is 5.32 Å². The van der Waals surface area contributed by atoms with Crippen LogP contribution < -0.4 is 5.32 Å². The number of hydrogen-bond acceptors (Lipinski definition) is 2. The molecule has 2 unspecified atom stereocenters. The molecule has 1 aliphatic rings. The van der Waals surface area contributed by atoms with Crippen LogP contribution in [0, 0.1) is 22.7 Å². The number of hydrogen-bond donors (Lipinski definition) is 1. The Morgan fingerprint density at radius 1 is 1.16 bits per heavy atom. The number of benzene rings is 1. The van der Waals surface area contributed by atoms with Crippen LogP contribution in [-0.4, -0.2) is 6.04 Å². The lowest BCUT2D eigenvalue weighted by Crippen LogP contribution is -2.39. The standard InChI is InChI=1S/C17H24N2/c1-17(2,3)14-9-5-7-11-16(14)19-15-10-6-4-8-13(15)12-18/h4,6,8,10,14,16,19H,5,7,9,11H2,1-3H3. The summed E-state index contributed by atoms with van der Waals surface area (Å²) in [5.41, 5.74) is 2.06. The molecule has 2 nitrogen and oxygen atoms in total. The molecule has 0 radical (unpaired) electrons. The number of nitriles is 1. The van der Waals surface area contributed by atoms with Gasteiger partial charge < -0.3 is 5.32 Å². The van der Waals surface area contributed by atoms with Gasteiger partial charge in [-0.15, -0.1) is 0 Å². The molecule has 2 rings (SSSR count). The fraction of sp³-hybridized carbons (Fsp3) is 0.588. The maximum atomic E-state index is 9.18. The molecule has 1 fully saturated rings. The summed E-state index contributed by atoms with van der Waals surface area (Å²) < 4.78 is 0. The first-order valence-corrected chi connectivity index (χ1v) is 7.28. The van der Waals surface area contributed by atoms with Crippen LogP contribution in [0.1, 0.15) is 52.0 Å². The summed E-state index contributed by atoms with van der Waals surface area (Å²) in [5, 5.41) is 12.8. The summed E-state index contributed by atoms with van der Waals surface area (Å²) in [6, 6.07) is 10.6. The van der Waals surface area contributed by atoms with E-state index in [9.17, 15) is 5.26 Å². The molecule has 0 aliphatic heterocycles. The Bertz CT molecular complexity index is 465. The smallest absolute Gasteiger partial charge is 0.101 e. The van der Waals surface area contributed by atoms with Crippen LogP contribution in [0.25, 0.3) is 0 Å². The van der Waals surface area contributed by atoms with Gasteiger partial charge in [0.25, 0.3) is 0 Å². The SMILES string of the molecule is CC(C)(C)C1CCCCC1Nc1ccccc1C#N. The van der Waals surface area contributed by atoms with Crippen molar-refractivity contribution in [3.05, 3.63) is 29.8 Å². The molecule has 0 heterocycles. The Hall–Kier alpha value is -1.49. The van der Waals surface area contributed by atoms with Crippen LogP contribution in [-0.2, 0) is 0 Å². The third-order valence-electron chi connectivity index (χ3n) is 4.27. The Balaban J connectivity index is 2.18. The first-order valence-electron chi connectivity index (χ1n) is 7.28. The van der Waals surface area contributed by atoms with E-state index in [4.69, 9.17) is 0 Å². The lowest BCUT2D eigenvalue weighted by atomic mass is 9.69. The molecule has 0 saturated heterocycles. The van der Waals surface area contributed by atoms with E-state index >= 15 is 0 Å². The van der Waals surface area contributed by atoms with Gasteiger partial charge in [-0.05, 0) is 36.3 Å². The van der Waals surface area contributed by atoms with E-state index in [1.165, 1.54) is 25.7 Å². The molecule has 1 aliphatic carbocycles. The van der Waals surface area contributed by atoms with Gasteiger partial charge in [-0.1, -0.05) is 45.7 Å². The molecule has 1 aromatic rings. The van der Waals surface area contributed by atoms with Crippen molar-refractivity contribution in [1.82, 2.24) is 0 Å². The second-order valence-corrected chi connectivity index (χ2v) is 6.67. The van der Waals surface area contributed by atoms with Crippen LogP contribution >= 0.6 is 0 Å². The molecule has 2 heteroatoms. The highest BCUT2D eigenvalue weighted by atomic mass is 14.9. The highest BCUT2D eigenvalue weighted by Gasteiger charge is 2.34. The van der Waals surface area contributed by atoms with Crippen molar-refractivity contribution < 1.29 is 0 Å². The number of para-hydroxylation sites is 1. The first kappa shape index (κ1) is 13.9. The lowest BCUT2D eigenvalue weighted by Gasteiger charge is -2.41. The maximum absolute atomic E-state index is 9.18. The molecule has 0 aromatic heterocycles. The van der Waals surface area contributed by atoms with E-state index in [0.717, 1.165) is 11.3 Å². The first-order chi connectivity index (χ1) is 9.02. The van der Waals surface area contributed by atoms with Crippen LogP contribution in [0.2, 0.25) is 0 Å². The van der Waals surface area contributed by atoms with Crippen molar-refractivity contribution in [2.45, 2.75) is 52.5 Å². The predicted molar refractivity (Wildman–Crippen MR) is 80.0 cm³/mol. The van der Waals surface area contributed by atoms with E-state index in [2.05, 4.69) is 32.2 Å². The van der Waals surface area contributed by atoms with Crippen LogP contribution in [0.5, 0.6) is 0 Å². The Labute approximate surface area is 116 Å². The number of rotatable bonds is 2. The van der Waals surface area contributed by atoms with Crippen molar-refractivity contribution in [1.29, 1.82) is 5.26 Å². The molecule has 0 bridgehead atoms. The molecular weight excluding hydrogens is 232 g/mol. The monoisotopic (exact) mass is 256 g/mol. The average molecular weight is 256 g/mol. The number of nitrogens with zero attached hydrogens (tertiary/aromatic N) is 1. The third kappa shape index (κ3) is 3.29. The van der Waals surface area contributed by atoms with Gasteiger partial charge in [0.15, 0.2) is 0 Å². The van der Waals surface area contributed by atoms with E-state index in [0.29, 0.717) is 17.4 Å². The molecule has 102 valence electrons. The van der Waals surface area contributed by atoms with Crippen molar-refractivity contribution >= 4 is 5.69 Å². The molecule has 2 atom stereocenters. The van der Waals surface area contributed by atoms with E-state index in [1.807, 2.05) is 24.3 Å². The van der Waals surface area contributed by atoms with Crippen molar-refractivity contribution in [2.24, 2.45) is 11.3 Å². The zero-order valence-electron chi connectivity index (χ0n) is 12.2. The van der Waals surface area contributed by atoms with Crippen LogP contribution in [0.3, 0.4) is 0 Å². The minimum Gasteiger partial charge on any atom is -0.381 e. The summed E-state index contributed by atoms with van der Waals surface area (Å²) in [6.07, 6.45) is 5.12. The largest absolute Gasteiger partial charge is 0.381 e. The zero-order valence-corrected chi connectivity index (χ0v) is 12.2.